The number of carbonyl (C=O) groups is 2. The summed E-state index contributed by atoms with van der Waals surface area (Å²) < 4.78 is 5.26. The summed E-state index contributed by atoms with van der Waals surface area (Å²) in [7, 11) is 1.60. The Morgan fingerprint density at radius 1 is 0.879 bits per heavy atom. The van der Waals surface area contributed by atoms with Gasteiger partial charge in [0.25, 0.3) is 0 Å². The zero-order chi connectivity index (χ0) is 23.8. The van der Waals surface area contributed by atoms with Crippen LogP contribution in [0.25, 0.3) is 0 Å². The molecule has 0 aliphatic rings. The number of ether oxygens (including phenoxy) is 1. The third-order valence-electron chi connectivity index (χ3n) is 4.76. The topological polar surface area (TPSA) is 67.4 Å². The molecular formula is C27H30N2O3S. The molecule has 0 bridgehead atoms. The second kappa shape index (κ2) is 11.1. The summed E-state index contributed by atoms with van der Waals surface area (Å²) in [6, 6.07) is 24.6. The number of amides is 2. The van der Waals surface area contributed by atoms with Crippen LogP contribution in [-0.2, 0) is 9.59 Å². The molecule has 0 saturated carbocycles. The van der Waals surface area contributed by atoms with Gasteiger partial charge in [0.15, 0.2) is 0 Å². The van der Waals surface area contributed by atoms with Gasteiger partial charge in [-0.05, 0) is 47.4 Å². The summed E-state index contributed by atoms with van der Waals surface area (Å²) in [4.78, 5) is 26.4. The molecule has 0 fully saturated rings. The van der Waals surface area contributed by atoms with E-state index in [2.05, 4.69) is 10.6 Å². The standard InChI is InChI=1S/C27H30N2O3S/c1-27(2,3)18-24(30)28-20-13-15-23(16-14-20)33-25(19-9-6-5-7-10-19)26(31)29-21-11-8-12-22(17-21)32-4/h5-17,25H,18H2,1-4H3,(H,28,30)(H,29,31). The highest BCUT2D eigenvalue weighted by molar-refractivity contribution is 8.00. The number of thioether (sulfide) groups is 1. The zero-order valence-corrected chi connectivity index (χ0v) is 20.2. The van der Waals surface area contributed by atoms with Crippen molar-refractivity contribution < 1.29 is 14.3 Å². The van der Waals surface area contributed by atoms with E-state index < -0.39 is 5.25 Å². The quantitative estimate of drug-likeness (QED) is 0.373. The highest BCUT2D eigenvalue weighted by Crippen LogP contribution is 2.37. The fourth-order valence-corrected chi connectivity index (χ4v) is 4.27. The lowest BCUT2D eigenvalue weighted by atomic mass is 9.92. The van der Waals surface area contributed by atoms with Crippen LogP contribution in [0.2, 0.25) is 0 Å². The van der Waals surface area contributed by atoms with Gasteiger partial charge in [-0.3, -0.25) is 9.59 Å². The average molecular weight is 463 g/mol. The number of methoxy groups -OCH3 is 1. The number of hydrogen-bond donors (Lipinski definition) is 2. The summed E-state index contributed by atoms with van der Waals surface area (Å²) in [5.74, 6) is 0.547. The molecule has 2 N–H and O–H groups in total. The Bertz CT molecular complexity index is 1080. The van der Waals surface area contributed by atoms with Crippen molar-refractivity contribution in [3.8, 4) is 5.75 Å². The van der Waals surface area contributed by atoms with Crippen molar-refractivity contribution >= 4 is 35.0 Å². The van der Waals surface area contributed by atoms with Gasteiger partial charge < -0.3 is 15.4 Å². The van der Waals surface area contributed by atoms with Crippen LogP contribution in [-0.4, -0.2) is 18.9 Å². The molecule has 0 aliphatic carbocycles. The molecular weight excluding hydrogens is 432 g/mol. The van der Waals surface area contributed by atoms with Crippen LogP contribution >= 0.6 is 11.8 Å². The van der Waals surface area contributed by atoms with Crippen molar-refractivity contribution in [1.82, 2.24) is 0 Å². The molecule has 5 nitrogen and oxygen atoms in total. The largest absolute Gasteiger partial charge is 0.497 e. The first-order valence-corrected chi connectivity index (χ1v) is 11.7. The SMILES string of the molecule is COc1cccc(NC(=O)C(Sc2ccc(NC(=O)CC(C)(C)C)cc2)c2ccccc2)c1. The maximum Gasteiger partial charge on any atom is 0.242 e. The number of nitrogens with one attached hydrogen (secondary N) is 2. The molecule has 1 unspecified atom stereocenters. The number of rotatable bonds is 8. The molecule has 3 aromatic rings. The molecule has 0 aliphatic heterocycles. The average Bonchev–Trinajstić information content (AvgIpc) is 2.78. The van der Waals surface area contributed by atoms with Crippen molar-refractivity contribution in [1.29, 1.82) is 0 Å². The van der Waals surface area contributed by atoms with Gasteiger partial charge >= 0.3 is 0 Å². The molecule has 0 aromatic heterocycles. The van der Waals surface area contributed by atoms with E-state index in [-0.39, 0.29) is 17.2 Å². The van der Waals surface area contributed by atoms with Gasteiger partial charge in [0, 0.05) is 28.8 Å². The molecule has 0 saturated heterocycles. The monoisotopic (exact) mass is 462 g/mol. The summed E-state index contributed by atoms with van der Waals surface area (Å²) >= 11 is 1.46. The van der Waals surface area contributed by atoms with Gasteiger partial charge in [0.05, 0.1) is 7.11 Å². The number of carbonyl (C=O) groups excluding carboxylic acids is 2. The highest BCUT2D eigenvalue weighted by atomic mass is 32.2. The van der Waals surface area contributed by atoms with E-state index >= 15 is 0 Å². The summed E-state index contributed by atoms with van der Waals surface area (Å²) in [5, 5.41) is 5.49. The van der Waals surface area contributed by atoms with Crippen LogP contribution in [0.1, 0.15) is 38.0 Å². The smallest absolute Gasteiger partial charge is 0.242 e. The Kier molecular flexibility index (Phi) is 8.17. The van der Waals surface area contributed by atoms with E-state index in [0.717, 1.165) is 16.1 Å². The first-order valence-electron chi connectivity index (χ1n) is 10.8. The molecule has 172 valence electrons. The lowest BCUT2D eigenvalue weighted by Gasteiger charge is -2.18. The maximum absolute atomic E-state index is 13.2. The van der Waals surface area contributed by atoms with Crippen molar-refractivity contribution in [3.63, 3.8) is 0 Å². The molecule has 0 heterocycles. The Balaban J connectivity index is 1.74. The maximum atomic E-state index is 13.2. The van der Waals surface area contributed by atoms with E-state index in [1.807, 2.05) is 93.6 Å². The Morgan fingerprint density at radius 2 is 1.58 bits per heavy atom. The van der Waals surface area contributed by atoms with Gasteiger partial charge in [0.1, 0.15) is 11.0 Å². The predicted molar refractivity (Wildman–Crippen MR) is 136 cm³/mol. The Labute approximate surface area is 199 Å². The first-order chi connectivity index (χ1) is 15.7. The van der Waals surface area contributed by atoms with Crippen LogP contribution in [0.5, 0.6) is 5.75 Å². The lowest BCUT2D eigenvalue weighted by molar-refractivity contribution is -0.118. The third kappa shape index (κ3) is 7.68. The Hall–Kier alpha value is -3.25. The van der Waals surface area contributed by atoms with E-state index in [9.17, 15) is 9.59 Å². The second-order valence-corrected chi connectivity index (χ2v) is 10.1. The van der Waals surface area contributed by atoms with Crippen molar-refractivity contribution in [2.45, 2.75) is 37.3 Å². The van der Waals surface area contributed by atoms with Crippen LogP contribution in [0.3, 0.4) is 0 Å². The minimum absolute atomic E-state index is 0.0114. The predicted octanol–water partition coefficient (Wildman–Crippen LogP) is 6.54. The molecule has 3 rings (SSSR count). The zero-order valence-electron chi connectivity index (χ0n) is 19.4. The molecule has 1 atom stereocenters. The van der Waals surface area contributed by atoms with Crippen LogP contribution in [0, 0.1) is 5.41 Å². The van der Waals surface area contributed by atoms with Crippen LogP contribution in [0.4, 0.5) is 11.4 Å². The molecule has 0 spiro atoms. The molecule has 3 aromatic carbocycles. The molecule has 6 heteroatoms. The van der Waals surface area contributed by atoms with Crippen LogP contribution < -0.4 is 15.4 Å². The van der Waals surface area contributed by atoms with E-state index in [0.29, 0.717) is 17.9 Å². The van der Waals surface area contributed by atoms with Crippen molar-refractivity contribution in [2.24, 2.45) is 5.41 Å². The van der Waals surface area contributed by atoms with E-state index in [4.69, 9.17) is 4.74 Å². The minimum Gasteiger partial charge on any atom is -0.497 e. The Morgan fingerprint density at radius 3 is 2.21 bits per heavy atom. The summed E-state index contributed by atoms with van der Waals surface area (Å²) in [6.45, 7) is 6.10. The van der Waals surface area contributed by atoms with E-state index in [1.54, 1.807) is 13.2 Å². The normalized spacial score (nSPS) is 12.0. The first kappa shape index (κ1) is 24.4. The lowest BCUT2D eigenvalue weighted by Crippen LogP contribution is -2.19. The summed E-state index contributed by atoms with van der Waals surface area (Å²) in [5.41, 5.74) is 2.26. The van der Waals surface area contributed by atoms with Gasteiger partial charge in [-0.15, -0.1) is 11.8 Å². The molecule has 2 amide bonds. The van der Waals surface area contributed by atoms with Crippen molar-refractivity contribution in [2.75, 3.05) is 17.7 Å². The minimum atomic E-state index is -0.446. The van der Waals surface area contributed by atoms with Gasteiger partial charge in [-0.1, -0.05) is 57.2 Å². The highest BCUT2D eigenvalue weighted by Gasteiger charge is 2.22. The third-order valence-corrected chi connectivity index (χ3v) is 6.03. The number of anilines is 2. The van der Waals surface area contributed by atoms with Crippen molar-refractivity contribution in [3.05, 3.63) is 84.4 Å². The fourth-order valence-electron chi connectivity index (χ4n) is 3.25. The van der Waals surface area contributed by atoms with Crippen LogP contribution in [0.15, 0.2) is 83.8 Å². The fraction of sp³-hybridized carbons (Fsp3) is 0.259. The van der Waals surface area contributed by atoms with E-state index in [1.165, 1.54) is 11.8 Å². The van der Waals surface area contributed by atoms with Gasteiger partial charge in [-0.25, -0.2) is 0 Å². The second-order valence-electron chi connectivity index (χ2n) is 8.94. The molecule has 0 radical (unpaired) electrons. The van der Waals surface area contributed by atoms with Gasteiger partial charge in [0.2, 0.25) is 11.8 Å². The number of benzene rings is 3. The molecule has 33 heavy (non-hydrogen) atoms. The van der Waals surface area contributed by atoms with Gasteiger partial charge in [-0.2, -0.15) is 0 Å². The number of hydrogen-bond acceptors (Lipinski definition) is 4. The summed E-state index contributed by atoms with van der Waals surface area (Å²) in [6.07, 6.45) is 0.448.